The molecule has 1 saturated heterocycles. The van der Waals surface area contributed by atoms with Gasteiger partial charge in [-0.05, 0) is 38.8 Å². The van der Waals surface area contributed by atoms with E-state index < -0.39 is 12.5 Å². The number of amides is 1. The van der Waals surface area contributed by atoms with Gasteiger partial charge in [-0.3, -0.25) is 4.79 Å². The first kappa shape index (κ1) is 23.4. The van der Waals surface area contributed by atoms with Crippen LogP contribution in [0.15, 0.2) is 45.3 Å². The number of rotatable bonds is 6. The summed E-state index contributed by atoms with van der Waals surface area (Å²) in [5.41, 5.74) is 2.50. The molecule has 2 aliphatic heterocycles. The van der Waals surface area contributed by atoms with Crippen LogP contribution in [0.25, 0.3) is 0 Å². The Kier molecular flexibility index (Phi) is 6.81. The quantitative estimate of drug-likeness (QED) is 0.585. The number of aliphatic imine (C=N–C) groups is 1. The molecule has 0 spiro atoms. The summed E-state index contributed by atoms with van der Waals surface area (Å²) >= 11 is 6.19. The molecule has 3 N–H and O–H groups in total. The zero-order valence-corrected chi connectivity index (χ0v) is 19.2. The minimum absolute atomic E-state index is 0.111. The molecule has 7 nitrogen and oxygen atoms in total. The molecule has 1 saturated carbocycles. The lowest BCUT2D eigenvalue weighted by Gasteiger charge is -2.36. The maximum Gasteiger partial charge on any atom is 0.258 e. The molecule has 0 radical (unpaired) electrons. The first-order valence-electron chi connectivity index (χ1n) is 10.8. The van der Waals surface area contributed by atoms with E-state index in [0.717, 1.165) is 5.70 Å². The second-order valence-corrected chi connectivity index (χ2v) is 8.80. The highest BCUT2D eigenvalue weighted by Crippen LogP contribution is 2.31. The Balaban J connectivity index is 1.49. The molecule has 0 atom stereocenters. The van der Waals surface area contributed by atoms with Crippen molar-refractivity contribution in [3.05, 3.63) is 51.7 Å². The summed E-state index contributed by atoms with van der Waals surface area (Å²) in [7, 11) is 0. The molecular formula is C23H26ClF2N5O2. The number of alkyl halides is 1. The van der Waals surface area contributed by atoms with Crippen molar-refractivity contribution in [3.8, 4) is 5.75 Å². The van der Waals surface area contributed by atoms with E-state index >= 15 is 0 Å². The van der Waals surface area contributed by atoms with Gasteiger partial charge in [0.05, 0.1) is 35.1 Å². The van der Waals surface area contributed by atoms with E-state index in [-0.39, 0.29) is 48.2 Å². The van der Waals surface area contributed by atoms with Gasteiger partial charge in [-0.2, -0.15) is 0 Å². The fraction of sp³-hybridized carbons (Fsp3) is 0.435. The average molecular weight is 478 g/mol. The Morgan fingerprint density at radius 1 is 1.36 bits per heavy atom. The Morgan fingerprint density at radius 2 is 2.12 bits per heavy atom. The minimum atomic E-state index is -0.500. The monoisotopic (exact) mass is 477 g/mol. The number of nitrogens with one attached hydrogen (secondary N) is 3. The van der Waals surface area contributed by atoms with Gasteiger partial charge < -0.3 is 25.7 Å². The highest BCUT2D eigenvalue weighted by Gasteiger charge is 2.34. The fourth-order valence-corrected chi connectivity index (χ4v) is 4.18. The normalized spacial score (nSPS) is 25.1. The lowest BCUT2D eigenvalue weighted by Crippen LogP contribution is -2.47. The van der Waals surface area contributed by atoms with E-state index in [1.54, 1.807) is 6.92 Å². The van der Waals surface area contributed by atoms with Crippen molar-refractivity contribution < 1.29 is 18.3 Å². The van der Waals surface area contributed by atoms with E-state index in [0.29, 0.717) is 41.5 Å². The van der Waals surface area contributed by atoms with Gasteiger partial charge in [0.25, 0.3) is 5.91 Å². The van der Waals surface area contributed by atoms with Crippen LogP contribution in [0, 0.1) is 11.2 Å². The van der Waals surface area contributed by atoms with Crippen LogP contribution in [0.2, 0.25) is 0 Å². The Morgan fingerprint density at radius 3 is 2.82 bits per heavy atom. The van der Waals surface area contributed by atoms with Crippen LogP contribution >= 0.6 is 11.6 Å². The van der Waals surface area contributed by atoms with Crippen molar-refractivity contribution in [3.63, 3.8) is 0 Å². The molecule has 4 rings (SSSR count). The van der Waals surface area contributed by atoms with Crippen LogP contribution in [0.4, 0.5) is 8.78 Å². The molecule has 1 aromatic rings. The third-order valence-electron chi connectivity index (χ3n) is 5.96. The van der Waals surface area contributed by atoms with Crippen molar-refractivity contribution in [2.75, 3.05) is 26.3 Å². The number of likely N-dealkylation sites (tertiary alicyclic amines) is 1. The fourth-order valence-electron chi connectivity index (χ4n) is 4.09. The zero-order valence-electron chi connectivity index (χ0n) is 18.5. The predicted molar refractivity (Wildman–Crippen MR) is 123 cm³/mol. The molecule has 33 heavy (non-hydrogen) atoms. The van der Waals surface area contributed by atoms with Crippen LogP contribution in [0.3, 0.4) is 0 Å². The standard InChI is InChI=1S/C23H26ClF2N5O2/c1-12-21(24)13(2)30-22(29-12)18-10-31(11-19(18)27)23(32)17-4-3-14(26)7-20(17)33-16-8-15(9-16)28-6-5-25/h3-4,7,15-16,27-29H,5-6,8-11H2,1-2H3/b22-18+,27-19?/t15-,16+. The number of benzene rings is 1. The summed E-state index contributed by atoms with van der Waals surface area (Å²) in [6, 6.07) is 4.00. The van der Waals surface area contributed by atoms with Crippen molar-refractivity contribution in [1.29, 1.82) is 5.41 Å². The van der Waals surface area contributed by atoms with Crippen LogP contribution in [0.5, 0.6) is 5.75 Å². The molecule has 3 aliphatic rings. The Hall–Kier alpha value is -2.78. The van der Waals surface area contributed by atoms with Gasteiger partial charge >= 0.3 is 0 Å². The number of nitrogens with zero attached hydrogens (tertiary/aromatic N) is 2. The van der Waals surface area contributed by atoms with E-state index in [9.17, 15) is 13.6 Å². The number of ether oxygens (including phenoxy) is 1. The maximum absolute atomic E-state index is 13.9. The van der Waals surface area contributed by atoms with Crippen LogP contribution in [-0.2, 0) is 0 Å². The molecule has 2 heterocycles. The molecule has 0 aromatic heterocycles. The lowest BCUT2D eigenvalue weighted by molar-refractivity contribution is 0.0737. The second-order valence-electron chi connectivity index (χ2n) is 8.42. The van der Waals surface area contributed by atoms with Gasteiger partial charge in [0, 0.05) is 29.9 Å². The number of carbonyl (C=O) groups excluding carboxylic acids is 1. The average Bonchev–Trinajstić information content (AvgIpc) is 3.14. The molecule has 10 heteroatoms. The van der Waals surface area contributed by atoms with E-state index in [1.165, 1.54) is 23.1 Å². The maximum atomic E-state index is 13.9. The number of hydrogen-bond donors (Lipinski definition) is 3. The van der Waals surface area contributed by atoms with E-state index in [4.69, 9.17) is 21.7 Å². The summed E-state index contributed by atoms with van der Waals surface area (Å²) in [5, 5.41) is 15.1. The predicted octanol–water partition coefficient (Wildman–Crippen LogP) is 3.52. The van der Waals surface area contributed by atoms with Crippen LogP contribution in [-0.4, -0.2) is 60.7 Å². The molecule has 1 amide bonds. The zero-order chi connectivity index (χ0) is 23.7. The number of allylic oxidation sites excluding steroid dienone is 2. The van der Waals surface area contributed by atoms with Gasteiger partial charge in [-0.1, -0.05) is 11.6 Å². The van der Waals surface area contributed by atoms with Gasteiger partial charge in [-0.15, -0.1) is 0 Å². The third kappa shape index (κ3) is 4.94. The van der Waals surface area contributed by atoms with E-state index in [1.807, 2.05) is 6.92 Å². The third-order valence-corrected chi connectivity index (χ3v) is 6.51. The molecule has 1 aromatic carbocycles. The van der Waals surface area contributed by atoms with Crippen molar-refractivity contribution in [2.45, 2.75) is 38.8 Å². The molecule has 176 valence electrons. The highest BCUT2D eigenvalue weighted by molar-refractivity contribution is 6.43. The van der Waals surface area contributed by atoms with Gasteiger partial charge in [0.1, 0.15) is 30.2 Å². The minimum Gasteiger partial charge on any atom is -0.489 e. The largest absolute Gasteiger partial charge is 0.489 e. The summed E-state index contributed by atoms with van der Waals surface area (Å²) < 4.78 is 32.2. The smallest absolute Gasteiger partial charge is 0.258 e. The topological polar surface area (TPSA) is 89.8 Å². The number of hydrogen-bond acceptors (Lipinski definition) is 6. The van der Waals surface area contributed by atoms with Crippen LogP contribution in [0.1, 0.15) is 37.0 Å². The first-order valence-corrected chi connectivity index (χ1v) is 11.2. The summed E-state index contributed by atoms with van der Waals surface area (Å²) in [6.07, 6.45) is 1.15. The molecule has 0 bridgehead atoms. The second kappa shape index (κ2) is 9.61. The molecule has 0 unspecified atom stereocenters. The summed E-state index contributed by atoms with van der Waals surface area (Å²) in [6.45, 7) is 3.77. The van der Waals surface area contributed by atoms with Crippen molar-refractivity contribution >= 4 is 28.9 Å². The van der Waals surface area contributed by atoms with Gasteiger partial charge in [0.2, 0.25) is 0 Å². The highest BCUT2D eigenvalue weighted by atomic mass is 35.5. The lowest BCUT2D eigenvalue weighted by atomic mass is 9.89. The first-order chi connectivity index (χ1) is 15.8. The molecular weight excluding hydrogens is 452 g/mol. The molecule has 2 fully saturated rings. The summed E-state index contributed by atoms with van der Waals surface area (Å²) in [4.78, 5) is 19.2. The van der Waals surface area contributed by atoms with Crippen molar-refractivity contribution in [1.82, 2.24) is 15.5 Å². The van der Waals surface area contributed by atoms with Crippen LogP contribution < -0.4 is 15.4 Å². The number of carbonyl (C=O) groups is 1. The Bertz CT molecular complexity index is 1080. The van der Waals surface area contributed by atoms with Crippen molar-refractivity contribution in [2.24, 2.45) is 4.99 Å². The number of halogens is 3. The Labute approximate surface area is 196 Å². The van der Waals surface area contributed by atoms with Gasteiger partial charge in [0.15, 0.2) is 0 Å². The van der Waals surface area contributed by atoms with Gasteiger partial charge in [-0.25, -0.2) is 13.8 Å². The SMILES string of the molecule is CC1=N/C(=C2\CN(C(=O)c3ccc(F)cc3O[C@H]3C[C@@H](NCCF)C3)CC2=N)NC(C)=C1Cl. The molecule has 1 aliphatic carbocycles. The summed E-state index contributed by atoms with van der Waals surface area (Å²) in [5.74, 6) is -0.165. The van der Waals surface area contributed by atoms with E-state index in [2.05, 4.69) is 15.6 Å².